The molecule has 6 nitrogen and oxygen atoms in total. The summed E-state index contributed by atoms with van der Waals surface area (Å²) in [6, 6.07) is 14.3. The second-order valence-electron chi connectivity index (χ2n) is 7.44. The summed E-state index contributed by atoms with van der Waals surface area (Å²) in [5.41, 5.74) is 1.31. The Morgan fingerprint density at radius 3 is 2.97 bits per heavy atom. The molecule has 0 bridgehead atoms. The highest BCUT2D eigenvalue weighted by molar-refractivity contribution is 7.13. The fourth-order valence-electron chi connectivity index (χ4n) is 3.72. The fourth-order valence-corrected chi connectivity index (χ4v) is 4.37. The highest BCUT2D eigenvalue weighted by Crippen LogP contribution is 2.23. The number of likely N-dealkylation sites (tertiary alicyclic amines) is 1. The number of aryl methyl sites for hydroxylation is 1. The molecule has 7 heteroatoms. The van der Waals surface area contributed by atoms with Crippen LogP contribution >= 0.6 is 11.3 Å². The Morgan fingerprint density at radius 2 is 2.14 bits per heavy atom. The van der Waals surface area contributed by atoms with Crippen LogP contribution in [0, 0.1) is 5.92 Å². The van der Waals surface area contributed by atoms with E-state index < -0.39 is 0 Å². The van der Waals surface area contributed by atoms with Gasteiger partial charge in [-0.25, -0.2) is 0 Å². The first kappa shape index (κ1) is 19.8. The van der Waals surface area contributed by atoms with Crippen LogP contribution in [-0.2, 0) is 17.8 Å². The smallest absolute Gasteiger partial charge is 0.241 e. The van der Waals surface area contributed by atoms with Gasteiger partial charge in [0, 0.05) is 13.1 Å². The molecule has 1 N–H and O–H groups in total. The molecule has 1 aliphatic rings. The number of carbonyl (C=O) groups excluding carboxylic acids is 1. The summed E-state index contributed by atoms with van der Waals surface area (Å²) in [4.78, 5) is 20.3. The van der Waals surface area contributed by atoms with Crippen molar-refractivity contribution in [2.24, 2.45) is 5.92 Å². The van der Waals surface area contributed by atoms with Gasteiger partial charge in [0.25, 0.3) is 0 Å². The van der Waals surface area contributed by atoms with Crippen LogP contribution in [0.1, 0.15) is 30.7 Å². The molecule has 2 aromatic heterocycles. The van der Waals surface area contributed by atoms with Crippen molar-refractivity contribution in [3.63, 3.8) is 0 Å². The monoisotopic (exact) mass is 410 g/mol. The number of carbonyl (C=O) groups is 1. The maximum absolute atomic E-state index is 12.6. The van der Waals surface area contributed by atoms with Gasteiger partial charge in [0.2, 0.25) is 17.6 Å². The van der Waals surface area contributed by atoms with E-state index in [1.54, 1.807) is 11.3 Å². The van der Waals surface area contributed by atoms with Gasteiger partial charge in [0.05, 0.1) is 17.3 Å². The van der Waals surface area contributed by atoms with Crippen LogP contribution < -0.4 is 5.32 Å². The highest BCUT2D eigenvalue weighted by Gasteiger charge is 2.26. The first-order chi connectivity index (χ1) is 14.3. The van der Waals surface area contributed by atoms with Crippen LogP contribution in [0.2, 0.25) is 0 Å². The number of rotatable bonds is 8. The van der Waals surface area contributed by atoms with E-state index in [0.717, 1.165) is 50.2 Å². The SMILES string of the molecule is O=C(NCCCc1ccccc1)C1CCCN(Cc2nc(-c3cccs3)no2)C1. The van der Waals surface area contributed by atoms with Gasteiger partial charge in [0.15, 0.2) is 0 Å². The molecule has 29 heavy (non-hydrogen) atoms. The first-order valence-electron chi connectivity index (χ1n) is 10.2. The molecule has 0 aliphatic carbocycles. The lowest BCUT2D eigenvalue weighted by Gasteiger charge is -2.30. The van der Waals surface area contributed by atoms with E-state index in [9.17, 15) is 4.79 Å². The molecule has 1 saturated heterocycles. The van der Waals surface area contributed by atoms with Gasteiger partial charge in [-0.1, -0.05) is 41.6 Å². The van der Waals surface area contributed by atoms with Gasteiger partial charge in [-0.15, -0.1) is 11.3 Å². The lowest BCUT2D eigenvalue weighted by molar-refractivity contribution is -0.126. The van der Waals surface area contributed by atoms with Gasteiger partial charge >= 0.3 is 0 Å². The largest absolute Gasteiger partial charge is 0.356 e. The third-order valence-electron chi connectivity index (χ3n) is 5.23. The molecule has 1 amide bonds. The second-order valence-corrected chi connectivity index (χ2v) is 8.39. The summed E-state index contributed by atoms with van der Waals surface area (Å²) < 4.78 is 5.41. The van der Waals surface area contributed by atoms with Gasteiger partial charge in [-0.3, -0.25) is 9.69 Å². The Kier molecular flexibility index (Phi) is 6.69. The van der Waals surface area contributed by atoms with Crippen LogP contribution in [0.5, 0.6) is 0 Å². The van der Waals surface area contributed by atoms with Crippen LogP contribution in [0.25, 0.3) is 10.7 Å². The summed E-state index contributed by atoms with van der Waals surface area (Å²) in [6.45, 7) is 3.00. The van der Waals surface area contributed by atoms with Crippen molar-refractivity contribution in [1.29, 1.82) is 0 Å². The number of aromatic nitrogens is 2. The minimum Gasteiger partial charge on any atom is -0.356 e. The van der Waals surface area contributed by atoms with E-state index in [4.69, 9.17) is 4.52 Å². The summed E-state index contributed by atoms with van der Waals surface area (Å²) in [5.74, 6) is 1.43. The molecule has 0 radical (unpaired) electrons. The number of nitrogens with one attached hydrogen (secondary N) is 1. The zero-order valence-electron chi connectivity index (χ0n) is 16.4. The van der Waals surface area contributed by atoms with E-state index in [2.05, 4.69) is 44.6 Å². The quantitative estimate of drug-likeness (QED) is 0.573. The zero-order valence-corrected chi connectivity index (χ0v) is 17.2. The van der Waals surface area contributed by atoms with E-state index in [-0.39, 0.29) is 11.8 Å². The lowest BCUT2D eigenvalue weighted by atomic mass is 9.97. The summed E-state index contributed by atoms with van der Waals surface area (Å²) in [6.07, 6.45) is 3.89. The Balaban J connectivity index is 1.22. The molecule has 3 heterocycles. The molecule has 152 valence electrons. The molecule has 3 aromatic rings. The molecule has 1 unspecified atom stereocenters. The van der Waals surface area contributed by atoms with Crippen molar-refractivity contribution < 1.29 is 9.32 Å². The minimum atomic E-state index is 0.0279. The van der Waals surface area contributed by atoms with Crippen LogP contribution in [0.15, 0.2) is 52.4 Å². The number of nitrogens with zero attached hydrogens (tertiary/aromatic N) is 3. The Hall–Kier alpha value is -2.51. The normalized spacial score (nSPS) is 17.3. The average Bonchev–Trinajstić information content (AvgIpc) is 3.44. The van der Waals surface area contributed by atoms with E-state index in [1.165, 1.54) is 5.56 Å². The number of benzene rings is 1. The van der Waals surface area contributed by atoms with Crippen LogP contribution in [0.3, 0.4) is 0 Å². The predicted octanol–water partition coefficient (Wildman–Crippen LogP) is 3.76. The number of thiophene rings is 1. The summed E-state index contributed by atoms with van der Waals surface area (Å²) in [5, 5.41) is 9.18. The maximum atomic E-state index is 12.6. The molecule has 0 spiro atoms. The molecule has 1 atom stereocenters. The van der Waals surface area contributed by atoms with E-state index in [0.29, 0.717) is 18.3 Å². The maximum Gasteiger partial charge on any atom is 0.241 e. The van der Waals surface area contributed by atoms with Crippen molar-refractivity contribution in [2.45, 2.75) is 32.2 Å². The molecule has 1 fully saturated rings. The third kappa shape index (κ3) is 5.52. The summed E-state index contributed by atoms with van der Waals surface area (Å²) >= 11 is 1.60. The molecular weight excluding hydrogens is 384 g/mol. The minimum absolute atomic E-state index is 0.0279. The second kappa shape index (κ2) is 9.80. The lowest BCUT2D eigenvalue weighted by Crippen LogP contribution is -2.43. The van der Waals surface area contributed by atoms with Gasteiger partial charge in [-0.05, 0) is 49.2 Å². The van der Waals surface area contributed by atoms with Crippen molar-refractivity contribution in [2.75, 3.05) is 19.6 Å². The molecule has 4 rings (SSSR count). The topological polar surface area (TPSA) is 71.3 Å². The number of hydrogen-bond acceptors (Lipinski definition) is 6. The predicted molar refractivity (Wildman–Crippen MR) is 113 cm³/mol. The number of piperidine rings is 1. The third-order valence-corrected chi connectivity index (χ3v) is 6.09. The number of hydrogen-bond donors (Lipinski definition) is 1. The Labute approximate surface area is 174 Å². The van der Waals surface area contributed by atoms with Crippen LogP contribution in [0.4, 0.5) is 0 Å². The standard InChI is InChI=1S/C22H26N4O2S/c27-22(23-12-4-9-17-7-2-1-3-8-17)18-10-5-13-26(15-18)16-20-24-21(25-28-20)19-11-6-14-29-19/h1-3,6-8,11,14,18H,4-5,9-10,12-13,15-16H2,(H,23,27). The van der Waals surface area contributed by atoms with Crippen molar-refractivity contribution in [3.8, 4) is 10.7 Å². The highest BCUT2D eigenvalue weighted by atomic mass is 32.1. The van der Waals surface area contributed by atoms with Gasteiger partial charge in [-0.2, -0.15) is 4.98 Å². The number of amides is 1. The van der Waals surface area contributed by atoms with Gasteiger partial charge in [0.1, 0.15) is 0 Å². The average molecular weight is 411 g/mol. The van der Waals surface area contributed by atoms with Crippen molar-refractivity contribution in [1.82, 2.24) is 20.4 Å². The van der Waals surface area contributed by atoms with Crippen molar-refractivity contribution in [3.05, 3.63) is 59.3 Å². The molecular formula is C22H26N4O2S. The van der Waals surface area contributed by atoms with E-state index >= 15 is 0 Å². The summed E-state index contributed by atoms with van der Waals surface area (Å²) in [7, 11) is 0. The zero-order chi connectivity index (χ0) is 19.9. The fraction of sp³-hybridized carbons (Fsp3) is 0.409. The van der Waals surface area contributed by atoms with E-state index in [1.807, 2.05) is 23.6 Å². The molecule has 0 saturated carbocycles. The molecule has 1 aliphatic heterocycles. The Bertz CT molecular complexity index is 895. The Morgan fingerprint density at radius 1 is 1.24 bits per heavy atom. The van der Waals surface area contributed by atoms with Gasteiger partial charge < -0.3 is 9.84 Å². The van der Waals surface area contributed by atoms with Crippen LogP contribution in [-0.4, -0.2) is 40.6 Å². The van der Waals surface area contributed by atoms with Crippen molar-refractivity contribution >= 4 is 17.2 Å². The first-order valence-corrected chi connectivity index (χ1v) is 11.1. The molecule has 1 aromatic carbocycles.